The van der Waals surface area contributed by atoms with Crippen LogP contribution in [0.2, 0.25) is 0 Å². The number of aryl methyl sites for hydroxylation is 1. The number of hydrogen-bond acceptors (Lipinski definition) is 8. The van der Waals surface area contributed by atoms with E-state index in [0.717, 1.165) is 4.88 Å². The summed E-state index contributed by atoms with van der Waals surface area (Å²) in [5.41, 5.74) is 2.21. The van der Waals surface area contributed by atoms with Gasteiger partial charge in [-0.15, -0.1) is 11.3 Å². The highest BCUT2D eigenvalue weighted by Gasteiger charge is 2.20. The fraction of sp³-hybridized carbons (Fsp3) is 0.214. The maximum atomic E-state index is 12.0. The first-order valence-corrected chi connectivity index (χ1v) is 7.57. The summed E-state index contributed by atoms with van der Waals surface area (Å²) in [5.74, 6) is 0.147. The highest BCUT2D eigenvalue weighted by molar-refractivity contribution is 7.09. The number of non-ortho nitro benzene ring substituents is 1. The Kier molecular flexibility index (Phi) is 5.79. The van der Waals surface area contributed by atoms with Gasteiger partial charge in [0.2, 0.25) is 0 Å². The van der Waals surface area contributed by atoms with Gasteiger partial charge in [-0.2, -0.15) is 0 Å². The van der Waals surface area contributed by atoms with Gasteiger partial charge in [-0.3, -0.25) is 14.9 Å². The van der Waals surface area contributed by atoms with Gasteiger partial charge in [-0.05, 0) is 19.1 Å². The number of aromatic nitrogens is 1. The van der Waals surface area contributed by atoms with Crippen molar-refractivity contribution in [2.45, 2.75) is 13.0 Å². The van der Waals surface area contributed by atoms with E-state index >= 15 is 0 Å². The molecule has 0 radical (unpaired) electrons. The molecule has 9 nitrogen and oxygen atoms in total. The number of carbonyl (C=O) groups is 2. The normalized spacial score (nSPS) is 11.4. The molecule has 0 fully saturated rings. The minimum atomic E-state index is -0.781. The first-order chi connectivity index (χ1) is 11.5. The summed E-state index contributed by atoms with van der Waals surface area (Å²) in [6.45, 7) is 1.98. The second-order valence-electron chi connectivity index (χ2n) is 4.57. The van der Waals surface area contributed by atoms with Crippen molar-refractivity contribution < 1.29 is 24.0 Å². The summed E-state index contributed by atoms with van der Waals surface area (Å²) in [5, 5.41) is 13.2. The molecule has 0 saturated heterocycles. The lowest BCUT2D eigenvalue weighted by atomic mass is 10.2. The van der Waals surface area contributed by atoms with E-state index in [4.69, 9.17) is 9.47 Å². The number of nitro groups is 1. The van der Waals surface area contributed by atoms with Crippen molar-refractivity contribution in [3.05, 3.63) is 50.5 Å². The Morgan fingerprint density at radius 1 is 1.46 bits per heavy atom. The summed E-state index contributed by atoms with van der Waals surface area (Å²) in [6, 6.07) is 4.47. The molecule has 2 aromatic rings. The van der Waals surface area contributed by atoms with Crippen LogP contribution in [0.25, 0.3) is 0 Å². The van der Waals surface area contributed by atoms with Crippen LogP contribution in [-0.2, 0) is 9.53 Å². The van der Waals surface area contributed by atoms with Gasteiger partial charge >= 0.3 is 6.09 Å². The Bertz CT molecular complexity index is 730. The molecule has 0 saturated carbocycles. The number of carbonyl (C=O) groups excluding carboxylic acids is 2. The third kappa shape index (κ3) is 4.49. The Hall–Kier alpha value is -3.01. The number of thiazole rings is 1. The molecule has 0 spiro atoms. The number of hydrogen-bond donors (Lipinski definition) is 1. The van der Waals surface area contributed by atoms with Crippen LogP contribution in [-0.4, -0.2) is 29.1 Å². The van der Waals surface area contributed by atoms with Gasteiger partial charge in [-0.1, -0.05) is 0 Å². The zero-order valence-electron chi connectivity index (χ0n) is 12.5. The average molecular weight is 351 g/mol. The number of ether oxygens (including phenoxy) is 2. The van der Waals surface area contributed by atoms with Crippen molar-refractivity contribution in [2.75, 3.05) is 6.61 Å². The SMILES string of the molecule is Cc1ncsc1C(COC=O)NC(=O)Oc1ccc([N+](=O)[O-])cc1. The fourth-order valence-corrected chi connectivity index (χ4v) is 2.72. The van der Waals surface area contributed by atoms with Crippen molar-refractivity contribution in [1.29, 1.82) is 0 Å². The second kappa shape index (κ2) is 8.02. The van der Waals surface area contributed by atoms with Crippen LogP contribution >= 0.6 is 11.3 Å². The van der Waals surface area contributed by atoms with E-state index in [1.54, 1.807) is 12.4 Å². The smallest absolute Gasteiger partial charge is 0.413 e. The molecule has 0 aliphatic heterocycles. The summed E-state index contributed by atoms with van der Waals surface area (Å²) < 4.78 is 9.79. The molecule has 126 valence electrons. The lowest BCUT2D eigenvalue weighted by molar-refractivity contribution is -0.384. The van der Waals surface area contributed by atoms with Crippen molar-refractivity contribution in [3.63, 3.8) is 0 Å². The minimum Gasteiger partial charge on any atom is -0.465 e. The Morgan fingerprint density at radius 3 is 2.71 bits per heavy atom. The van der Waals surface area contributed by atoms with E-state index in [1.807, 2.05) is 0 Å². The highest BCUT2D eigenvalue weighted by Crippen LogP contribution is 2.23. The van der Waals surface area contributed by atoms with E-state index in [2.05, 4.69) is 10.3 Å². The van der Waals surface area contributed by atoms with Gasteiger partial charge < -0.3 is 14.8 Å². The predicted octanol–water partition coefficient (Wildman–Crippen LogP) is 2.36. The molecule has 1 N–H and O–H groups in total. The van der Waals surface area contributed by atoms with Gasteiger partial charge in [0, 0.05) is 12.1 Å². The van der Waals surface area contributed by atoms with Gasteiger partial charge in [0.1, 0.15) is 18.4 Å². The van der Waals surface area contributed by atoms with Crippen LogP contribution in [0.1, 0.15) is 16.6 Å². The van der Waals surface area contributed by atoms with Crippen LogP contribution in [0, 0.1) is 17.0 Å². The standard InChI is InChI=1S/C14H13N3O6S/c1-9-13(24-7-15-9)12(6-22-8-18)16-14(19)23-11-4-2-10(3-5-11)17(20)21/h2-5,7-8,12H,6H2,1H3,(H,16,19). The lowest BCUT2D eigenvalue weighted by Crippen LogP contribution is -2.33. The van der Waals surface area contributed by atoms with E-state index < -0.39 is 17.1 Å². The molecule has 1 amide bonds. The maximum absolute atomic E-state index is 12.0. The van der Waals surface area contributed by atoms with Crippen LogP contribution in [0.15, 0.2) is 29.8 Å². The van der Waals surface area contributed by atoms with Crippen LogP contribution in [0.5, 0.6) is 5.75 Å². The summed E-state index contributed by atoms with van der Waals surface area (Å²) >= 11 is 1.31. The molecule has 10 heteroatoms. The van der Waals surface area contributed by atoms with Gasteiger partial charge in [-0.25, -0.2) is 9.78 Å². The largest absolute Gasteiger partial charge is 0.465 e. The molecular formula is C14H13N3O6S. The summed E-state index contributed by atoms with van der Waals surface area (Å²) in [6.07, 6.45) is -0.781. The number of nitro benzene ring substituents is 1. The van der Waals surface area contributed by atoms with E-state index in [0.29, 0.717) is 5.69 Å². The molecule has 1 aromatic heterocycles. The van der Waals surface area contributed by atoms with Crippen molar-refractivity contribution in [3.8, 4) is 5.75 Å². The van der Waals surface area contributed by atoms with E-state index in [1.165, 1.54) is 35.6 Å². The summed E-state index contributed by atoms with van der Waals surface area (Å²) in [7, 11) is 0. The van der Waals surface area contributed by atoms with Crippen molar-refractivity contribution in [2.24, 2.45) is 0 Å². The molecule has 1 unspecified atom stereocenters. The molecule has 24 heavy (non-hydrogen) atoms. The zero-order chi connectivity index (χ0) is 17.5. The van der Waals surface area contributed by atoms with E-state index in [9.17, 15) is 19.7 Å². The number of benzene rings is 1. The van der Waals surface area contributed by atoms with E-state index in [-0.39, 0.29) is 24.5 Å². The third-order valence-electron chi connectivity index (χ3n) is 2.98. The quantitative estimate of drug-likeness (QED) is 0.462. The first kappa shape index (κ1) is 17.3. The molecule has 0 aliphatic rings. The topological polar surface area (TPSA) is 121 Å². The van der Waals surface area contributed by atoms with Crippen molar-refractivity contribution >= 4 is 29.6 Å². The van der Waals surface area contributed by atoms with Crippen LogP contribution in [0.3, 0.4) is 0 Å². The van der Waals surface area contributed by atoms with Gasteiger partial charge in [0.15, 0.2) is 0 Å². The van der Waals surface area contributed by atoms with Crippen molar-refractivity contribution in [1.82, 2.24) is 10.3 Å². The Morgan fingerprint density at radius 2 is 2.17 bits per heavy atom. The molecule has 2 rings (SSSR count). The fourth-order valence-electron chi connectivity index (χ4n) is 1.88. The predicted molar refractivity (Wildman–Crippen MR) is 83.9 cm³/mol. The lowest BCUT2D eigenvalue weighted by Gasteiger charge is -2.16. The number of amides is 1. The highest BCUT2D eigenvalue weighted by atomic mass is 32.1. The minimum absolute atomic E-state index is 0.0676. The zero-order valence-corrected chi connectivity index (χ0v) is 13.3. The second-order valence-corrected chi connectivity index (χ2v) is 5.46. The molecule has 0 aliphatic carbocycles. The Balaban J connectivity index is 2.03. The summed E-state index contributed by atoms with van der Waals surface area (Å²) in [4.78, 5) is 37.2. The van der Waals surface area contributed by atoms with Gasteiger partial charge in [0.05, 0.1) is 21.0 Å². The number of nitrogens with one attached hydrogen (secondary N) is 1. The molecule has 1 atom stereocenters. The third-order valence-corrected chi connectivity index (χ3v) is 4.02. The van der Waals surface area contributed by atoms with Crippen LogP contribution < -0.4 is 10.1 Å². The number of nitrogens with zero attached hydrogens (tertiary/aromatic N) is 2. The molecule has 1 aromatic carbocycles. The maximum Gasteiger partial charge on any atom is 0.413 e. The molecule has 0 bridgehead atoms. The number of rotatable bonds is 7. The molecule has 1 heterocycles. The molecular weight excluding hydrogens is 338 g/mol. The Labute approximate surface area is 140 Å². The van der Waals surface area contributed by atoms with Gasteiger partial charge in [0.25, 0.3) is 12.2 Å². The van der Waals surface area contributed by atoms with Crippen LogP contribution in [0.4, 0.5) is 10.5 Å². The average Bonchev–Trinajstić information content (AvgIpc) is 2.98. The monoisotopic (exact) mass is 351 g/mol. The first-order valence-electron chi connectivity index (χ1n) is 6.69.